The van der Waals surface area contributed by atoms with Crippen molar-refractivity contribution in [3.8, 4) is 0 Å². The zero-order chi connectivity index (χ0) is 18.4. The Balaban J connectivity index is 1.54. The first-order valence-corrected chi connectivity index (χ1v) is 10.2. The first kappa shape index (κ1) is 18.8. The van der Waals surface area contributed by atoms with Gasteiger partial charge < -0.3 is 9.80 Å². The van der Waals surface area contributed by atoms with E-state index in [9.17, 15) is 9.59 Å². The molecule has 4 nitrogen and oxygen atoms in total. The zero-order valence-corrected chi connectivity index (χ0v) is 16.1. The lowest BCUT2D eigenvalue weighted by Gasteiger charge is -2.38. The molecule has 26 heavy (non-hydrogen) atoms. The molecular formula is C21H26N2O2S. The SMILES string of the molecule is CCC(=O)N(c1ccccc1)C1CCN(CCC(=O)c2cccs2)CC1. The fourth-order valence-corrected chi connectivity index (χ4v) is 4.23. The Morgan fingerprint density at radius 3 is 2.46 bits per heavy atom. The lowest BCUT2D eigenvalue weighted by atomic mass is 10.0. The van der Waals surface area contributed by atoms with Gasteiger partial charge in [-0.1, -0.05) is 31.2 Å². The Morgan fingerprint density at radius 1 is 1.12 bits per heavy atom. The van der Waals surface area contributed by atoms with Crippen LogP contribution in [-0.4, -0.2) is 42.3 Å². The number of likely N-dealkylation sites (tertiary alicyclic amines) is 1. The monoisotopic (exact) mass is 370 g/mol. The molecule has 1 amide bonds. The number of hydrogen-bond donors (Lipinski definition) is 0. The summed E-state index contributed by atoms with van der Waals surface area (Å²) >= 11 is 1.51. The summed E-state index contributed by atoms with van der Waals surface area (Å²) in [5.41, 5.74) is 0.991. The minimum Gasteiger partial charge on any atom is -0.309 e. The molecule has 0 unspecified atom stereocenters. The molecule has 0 saturated carbocycles. The Hall–Kier alpha value is -1.98. The molecule has 0 bridgehead atoms. The van der Waals surface area contributed by atoms with Crippen LogP contribution in [-0.2, 0) is 4.79 Å². The molecule has 5 heteroatoms. The fraction of sp³-hybridized carbons (Fsp3) is 0.429. The molecule has 1 fully saturated rings. The van der Waals surface area contributed by atoms with Gasteiger partial charge in [-0.3, -0.25) is 9.59 Å². The molecule has 1 aliphatic rings. The molecule has 2 aromatic rings. The largest absolute Gasteiger partial charge is 0.309 e. The van der Waals surface area contributed by atoms with Gasteiger partial charge in [-0.25, -0.2) is 0 Å². The van der Waals surface area contributed by atoms with Gasteiger partial charge in [-0.05, 0) is 36.4 Å². The quantitative estimate of drug-likeness (QED) is 0.685. The molecule has 0 aliphatic carbocycles. The highest BCUT2D eigenvalue weighted by atomic mass is 32.1. The number of ketones is 1. The molecule has 0 atom stereocenters. The van der Waals surface area contributed by atoms with E-state index in [0.717, 1.165) is 43.0 Å². The van der Waals surface area contributed by atoms with E-state index in [-0.39, 0.29) is 17.7 Å². The highest BCUT2D eigenvalue weighted by Gasteiger charge is 2.28. The summed E-state index contributed by atoms with van der Waals surface area (Å²) in [5, 5.41) is 1.95. The van der Waals surface area contributed by atoms with E-state index in [2.05, 4.69) is 4.90 Å². The number of benzene rings is 1. The van der Waals surface area contributed by atoms with E-state index in [1.807, 2.05) is 59.7 Å². The second kappa shape index (κ2) is 9.10. The van der Waals surface area contributed by atoms with Crippen molar-refractivity contribution < 1.29 is 9.59 Å². The maximum absolute atomic E-state index is 12.5. The number of hydrogen-bond acceptors (Lipinski definition) is 4. The van der Waals surface area contributed by atoms with Gasteiger partial charge in [0.2, 0.25) is 5.91 Å². The maximum atomic E-state index is 12.5. The summed E-state index contributed by atoms with van der Waals surface area (Å²) in [6.45, 7) is 4.59. The Morgan fingerprint density at radius 2 is 1.85 bits per heavy atom. The van der Waals surface area contributed by atoms with Crippen LogP contribution >= 0.6 is 11.3 Å². The summed E-state index contributed by atoms with van der Waals surface area (Å²) in [6.07, 6.45) is 2.99. The van der Waals surface area contributed by atoms with Gasteiger partial charge >= 0.3 is 0 Å². The Labute approximate surface area is 159 Å². The summed E-state index contributed by atoms with van der Waals surface area (Å²) in [5.74, 6) is 0.414. The lowest BCUT2D eigenvalue weighted by molar-refractivity contribution is -0.119. The molecule has 138 valence electrons. The summed E-state index contributed by atoms with van der Waals surface area (Å²) < 4.78 is 0. The van der Waals surface area contributed by atoms with E-state index < -0.39 is 0 Å². The molecule has 2 heterocycles. The predicted molar refractivity (Wildman–Crippen MR) is 107 cm³/mol. The van der Waals surface area contributed by atoms with E-state index in [4.69, 9.17) is 0 Å². The standard InChI is InChI=1S/C21H26N2O2S/c1-2-21(25)23(17-7-4-3-5-8-17)18-10-13-22(14-11-18)15-12-19(24)20-9-6-16-26-20/h3-9,16,18H,2,10-15H2,1H3. The average molecular weight is 371 g/mol. The van der Waals surface area contributed by atoms with Crippen molar-refractivity contribution in [2.24, 2.45) is 0 Å². The van der Waals surface area contributed by atoms with Crippen LogP contribution in [0.5, 0.6) is 0 Å². The smallest absolute Gasteiger partial charge is 0.226 e. The third kappa shape index (κ3) is 4.59. The second-order valence-electron chi connectivity index (χ2n) is 6.68. The topological polar surface area (TPSA) is 40.6 Å². The van der Waals surface area contributed by atoms with Gasteiger partial charge in [0.25, 0.3) is 0 Å². The van der Waals surface area contributed by atoms with E-state index >= 15 is 0 Å². The fourth-order valence-electron chi connectivity index (χ4n) is 3.54. The molecule has 1 aromatic heterocycles. The van der Waals surface area contributed by atoms with Crippen molar-refractivity contribution in [1.82, 2.24) is 4.90 Å². The molecule has 1 aliphatic heterocycles. The Kier molecular flexibility index (Phi) is 6.58. The first-order valence-electron chi connectivity index (χ1n) is 9.35. The van der Waals surface area contributed by atoms with Crippen LogP contribution < -0.4 is 4.90 Å². The van der Waals surface area contributed by atoms with Gasteiger partial charge in [-0.2, -0.15) is 0 Å². The minimum atomic E-state index is 0.183. The number of carbonyl (C=O) groups excluding carboxylic acids is 2. The number of nitrogens with zero attached hydrogens (tertiary/aromatic N) is 2. The first-order chi connectivity index (χ1) is 12.7. The van der Waals surface area contributed by atoms with E-state index in [1.165, 1.54) is 11.3 Å². The van der Waals surface area contributed by atoms with E-state index in [1.54, 1.807) is 0 Å². The van der Waals surface area contributed by atoms with Crippen LogP contribution in [0.3, 0.4) is 0 Å². The van der Waals surface area contributed by atoms with Crippen LogP contribution in [0.4, 0.5) is 5.69 Å². The molecule has 1 saturated heterocycles. The van der Waals surface area contributed by atoms with Gasteiger partial charge in [0.15, 0.2) is 5.78 Å². The van der Waals surface area contributed by atoms with Crippen molar-refractivity contribution in [2.45, 2.75) is 38.6 Å². The van der Waals surface area contributed by atoms with Crippen LogP contribution in [0, 0.1) is 0 Å². The lowest BCUT2D eigenvalue weighted by Crippen LogP contribution is -2.47. The predicted octanol–water partition coefficient (Wildman–Crippen LogP) is 4.23. The van der Waals surface area contributed by atoms with Gasteiger partial charge in [0, 0.05) is 44.2 Å². The number of carbonyl (C=O) groups is 2. The molecule has 0 N–H and O–H groups in total. The third-order valence-corrected chi connectivity index (χ3v) is 5.89. The van der Waals surface area contributed by atoms with Gasteiger partial charge in [0.05, 0.1) is 4.88 Å². The number of thiophene rings is 1. The summed E-state index contributed by atoms with van der Waals surface area (Å²) in [4.78, 5) is 29.9. The van der Waals surface area contributed by atoms with Gasteiger partial charge in [-0.15, -0.1) is 11.3 Å². The molecule has 0 spiro atoms. The highest BCUT2D eigenvalue weighted by molar-refractivity contribution is 7.12. The van der Waals surface area contributed by atoms with Crippen LogP contribution in [0.25, 0.3) is 0 Å². The highest BCUT2D eigenvalue weighted by Crippen LogP contribution is 2.25. The van der Waals surface area contributed by atoms with Crippen LogP contribution in [0.1, 0.15) is 42.3 Å². The summed E-state index contributed by atoms with van der Waals surface area (Å²) in [7, 11) is 0. The van der Waals surface area contributed by atoms with Crippen LogP contribution in [0.15, 0.2) is 47.8 Å². The van der Waals surface area contributed by atoms with Crippen molar-refractivity contribution in [1.29, 1.82) is 0 Å². The third-order valence-electron chi connectivity index (χ3n) is 4.98. The summed E-state index contributed by atoms with van der Waals surface area (Å²) in [6, 6.07) is 14.0. The second-order valence-corrected chi connectivity index (χ2v) is 7.62. The number of Topliss-reactive ketones (excluding diaryl/α,β-unsaturated/α-hetero) is 1. The zero-order valence-electron chi connectivity index (χ0n) is 15.3. The molecule has 1 aromatic carbocycles. The van der Waals surface area contributed by atoms with E-state index in [0.29, 0.717) is 12.8 Å². The Bertz CT molecular complexity index is 707. The number of piperidine rings is 1. The van der Waals surface area contributed by atoms with Crippen LogP contribution in [0.2, 0.25) is 0 Å². The van der Waals surface area contributed by atoms with Crippen molar-refractivity contribution >= 4 is 28.7 Å². The number of amides is 1. The maximum Gasteiger partial charge on any atom is 0.226 e. The average Bonchev–Trinajstić information content (AvgIpc) is 3.23. The number of rotatable bonds is 7. The minimum absolute atomic E-state index is 0.183. The van der Waals surface area contributed by atoms with Crippen molar-refractivity contribution in [3.05, 3.63) is 52.7 Å². The van der Waals surface area contributed by atoms with Crippen molar-refractivity contribution in [3.63, 3.8) is 0 Å². The number of para-hydroxylation sites is 1. The number of anilines is 1. The van der Waals surface area contributed by atoms with Gasteiger partial charge in [0.1, 0.15) is 0 Å². The molecular weight excluding hydrogens is 344 g/mol. The van der Waals surface area contributed by atoms with Crippen molar-refractivity contribution in [2.75, 3.05) is 24.5 Å². The molecule has 3 rings (SSSR count). The molecule has 0 radical (unpaired) electrons. The normalized spacial score (nSPS) is 15.7.